The fraction of sp³-hybridized carbons (Fsp3) is 0.526. The largest absolute Gasteiger partial charge is 0.480 e. The average Bonchev–Trinajstić information content (AvgIpc) is 3.25. The highest BCUT2D eigenvalue weighted by Gasteiger charge is 2.28. The zero-order valence-corrected chi connectivity index (χ0v) is 18.6. The van der Waals surface area contributed by atoms with Gasteiger partial charge in [0, 0.05) is 31.2 Å². The van der Waals surface area contributed by atoms with Gasteiger partial charge in [0.25, 0.3) is 0 Å². The van der Waals surface area contributed by atoms with E-state index in [-0.39, 0.29) is 32.1 Å². The summed E-state index contributed by atoms with van der Waals surface area (Å²) in [6, 6.07) is -4.89. The van der Waals surface area contributed by atoms with Crippen molar-refractivity contribution in [2.75, 3.05) is 0 Å². The number of nitrogens with one attached hydrogen (secondary N) is 4. The lowest BCUT2D eigenvalue weighted by Gasteiger charge is -2.23. The third kappa shape index (κ3) is 10.1. The Morgan fingerprint density at radius 1 is 0.941 bits per heavy atom. The van der Waals surface area contributed by atoms with Crippen LogP contribution in [0.25, 0.3) is 0 Å². The number of primary amides is 2. The number of carboxylic acids is 1. The maximum Gasteiger partial charge on any atom is 0.326 e. The molecule has 1 rings (SSSR count). The van der Waals surface area contributed by atoms with E-state index in [4.69, 9.17) is 17.2 Å². The van der Waals surface area contributed by atoms with Crippen molar-refractivity contribution in [3.05, 3.63) is 18.2 Å². The van der Waals surface area contributed by atoms with Gasteiger partial charge in [0.15, 0.2) is 0 Å². The first kappa shape index (κ1) is 28.0. The van der Waals surface area contributed by atoms with E-state index in [1.807, 2.05) is 0 Å². The summed E-state index contributed by atoms with van der Waals surface area (Å²) >= 11 is 0. The van der Waals surface area contributed by atoms with Crippen LogP contribution in [0, 0.1) is 0 Å². The number of carbonyl (C=O) groups excluding carboxylic acids is 5. The minimum Gasteiger partial charge on any atom is -0.480 e. The van der Waals surface area contributed by atoms with Crippen LogP contribution in [0.1, 0.15) is 38.3 Å². The first-order valence-electron chi connectivity index (χ1n) is 10.3. The molecule has 0 bridgehead atoms. The lowest BCUT2D eigenvalue weighted by molar-refractivity contribution is -0.142. The van der Waals surface area contributed by atoms with Crippen molar-refractivity contribution in [1.29, 1.82) is 0 Å². The van der Waals surface area contributed by atoms with E-state index in [9.17, 15) is 33.9 Å². The maximum absolute atomic E-state index is 12.7. The zero-order chi connectivity index (χ0) is 25.8. The topological polar surface area (TPSA) is 265 Å². The molecule has 0 radical (unpaired) electrons. The van der Waals surface area contributed by atoms with E-state index in [0.717, 1.165) is 0 Å². The summed E-state index contributed by atoms with van der Waals surface area (Å²) in [7, 11) is 0. The van der Waals surface area contributed by atoms with Crippen molar-refractivity contribution in [3.8, 4) is 0 Å². The molecule has 15 nitrogen and oxygen atoms in total. The van der Waals surface area contributed by atoms with Gasteiger partial charge in [0.2, 0.25) is 29.5 Å². The number of carbonyl (C=O) groups is 6. The molecule has 0 aliphatic rings. The van der Waals surface area contributed by atoms with Crippen LogP contribution < -0.4 is 33.2 Å². The fourth-order valence-corrected chi connectivity index (χ4v) is 2.78. The Hall–Kier alpha value is -4.01. The number of imidazole rings is 1. The van der Waals surface area contributed by atoms with Crippen LogP contribution in [-0.2, 0) is 35.2 Å². The summed E-state index contributed by atoms with van der Waals surface area (Å²) in [4.78, 5) is 77.4. The third-order valence-electron chi connectivity index (χ3n) is 4.69. The molecule has 0 aromatic carbocycles. The third-order valence-corrected chi connectivity index (χ3v) is 4.69. The van der Waals surface area contributed by atoms with Crippen LogP contribution in [0.4, 0.5) is 0 Å². The number of aliphatic carboxylic acids is 1. The van der Waals surface area contributed by atoms with Crippen LogP contribution in [-0.4, -0.2) is 74.7 Å². The molecule has 4 atom stereocenters. The second-order valence-corrected chi connectivity index (χ2v) is 7.59. The van der Waals surface area contributed by atoms with Gasteiger partial charge >= 0.3 is 5.97 Å². The van der Waals surface area contributed by atoms with E-state index < -0.39 is 59.7 Å². The Morgan fingerprint density at radius 3 is 2.00 bits per heavy atom. The second-order valence-electron chi connectivity index (χ2n) is 7.59. The highest BCUT2D eigenvalue weighted by molar-refractivity contribution is 5.94. The lowest BCUT2D eigenvalue weighted by atomic mass is 10.1. The smallest absolute Gasteiger partial charge is 0.326 e. The minimum atomic E-state index is -1.40. The van der Waals surface area contributed by atoms with E-state index in [1.165, 1.54) is 19.4 Å². The Morgan fingerprint density at radius 2 is 1.50 bits per heavy atom. The summed E-state index contributed by atoms with van der Waals surface area (Å²) in [6.07, 6.45) is 2.12. The molecule has 188 valence electrons. The van der Waals surface area contributed by atoms with Crippen molar-refractivity contribution < 1.29 is 33.9 Å². The van der Waals surface area contributed by atoms with E-state index in [1.54, 1.807) is 0 Å². The van der Waals surface area contributed by atoms with E-state index >= 15 is 0 Å². The van der Waals surface area contributed by atoms with Gasteiger partial charge in [0.05, 0.1) is 12.4 Å². The number of amides is 5. The van der Waals surface area contributed by atoms with Gasteiger partial charge < -0.3 is 43.2 Å². The number of rotatable bonds is 15. The average molecular weight is 482 g/mol. The molecule has 1 aromatic rings. The van der Waals surface area contributed by atoms with E-state index in [2.05, 4.69) is 25.9 Å². The van der Waals surface area contributed by atoms with Crippen molar-refractivity contribution in [2.45, 2.75) is 63.2 Å². The number of H-pyrrole nitrogens is 1. The molecule has 15 heteroatoms. The molecule has 0 spiro atoms. The van der Waals surface area contributed by atoms with Gasteiger partial charge in [0.1, 0.15) is 18.1 Å². The van der Waals surface area contributed by atoms with Crippen LogP contribution in [0.15, 0.2) is 12.5 Å². The number of nitrogens with two attached hydrogens (primary N) is 3. The first-order chi connectivity index (χ1) is 15.9. The number of hydrogen-bond donors (Lipinski definition) is 8. The number of aromatic nitrogens is 2. The van der Waals surface area contributed by atoms with Crippen molar-refractivity contribution in [1.82, 2.24) is 25.9 Å². The Balaban J connectivity index is 2.77. The first-order valence-corrected chi connectivity index (χ1v) is 10.3. The van der Waals surface area contributed by atoms with Crippen molar-refractivity contribution in [3.63, 3.8) is 0 Å². The second kappa shape index (κ2) is 13.5. The van der Waals surface area contributed by atoms with Crippen molar-refractivity contribution >= 4 is 35.5 Å². The quantitative estimate of drug-likeness (QED) is 0.122. The maximum atomic E-state index is 12.7. The minimum absolute atomic E-state index is 0.108. The number of carboxylic acid groups (broad SMARTS) is 1. The molecular weight excluding hydrogens is 452 g/mol. The summed E-state index contributed by atoms with van der Waals surface area (Å²) in [6.45, 7) is 1.29. The molecule has 1 heterocycles. The van der Waals surface area contributed by atoms with Gasteiger partial charge in [-0.1, -0.05) is 0 Å². The number of nitrogens with zero attached hydrogens (tertiary/aromatic N) is 1. The van der Waals surface area contributed by atoms with Crippen LogP contribution >= 0.6 is 0 Å². The van der Waals surface area contributed by atoms with Gasteiger partial charge in [-0.05, 0) is 19.8 Å². The summed E-state index contributed by atoms with van der Waals surface area (Å²) in [5.74, 6) is -5.17. The fourth-order valence-electron chi connectivity index (χ4n) is 2.78. The molecule has 5 amide bonds. The molecule has 0 aliphatic heterocycles. The standard InChI is InChI=1S/C19H30N8O7/c1-9(16(30)27-13(19(33)34)3-5-15(22)29)25-18(32)12(2-4-14(21)28)26-17(31)11(20)6-10-7-23-8-24-10/h7-9,11-13H,2-6,20H2,1H3,(H2,21,28)(H2,22,29)(H,23,24)(H,25,32)(H,26,31)(H,27,30)(H,33,34). The lowest BCUT2D eigenvalue weighted by Crippen LogP contribution is -2.56. The molecular formula is C19H30N8O7. The predicted molar refractivity (Wildman–Crippen MR) is 116 cm³/mol. The molecule has 0 saturated heterocycles. The van der Waals surface area contributed by atoms with Gasteiger partial charge in [-0.15, -0.1) is 0 Å². The molecule has 11 N–H and O–H groups in total. The molecule has 4 unspecified atom stereocenters. The Labute approximate surface area is 194 Å². The molecule has 0 saturated carbocycles. The van der Waals surface area contributed by atoms with Crippen LogP contribution in [0.5, 0.6) is 0 Å². The normalized spacial score (nSPS) is 14.2. The van der Waals surface area contributed by atoms with Crippen LogP contribution in [0.2, 0.25) is 0 Å². The SMILES string of the molecule is CC(NC(=O)C(CCC(N)=O)NC(=O)C(N)Cc1cnc[nH]1)C(=O)NC(CCC(N)=O)C(=O)O. The van der Waals surface area contributed by atoms with Gasteiger partial charge in [-0.2, -0.15) is 0 Å². The summed E-state index contributed by atoms with van der Waals surface area (Å²) in [5, 5.41) is 16.2. The predicted octanol–water partition coefficient (Wildman–Crippen LogP) is -3.63. The monoisotopic (exact) mass is 482 g/mol. The molecule has 0 fully saturated rings. The molecule has 1 aromatic heterocycles. The van der Waals surface area contributed by atoms with Gasteiger partial charge in [-0.25, -0.2) is 9.78 Å². The van der Waals surface area contributed by atoms with Crippen molar-refractivity contribution in [2.24, 2.45) is 17.2 Å². The molecule has 34 heavy (non-hydrogen) atoms. The van der Waals surface area contributed by atoms with Gasteiger partial charge in [-0.3, -0.25) is 24.0 Å². The summed E-state index contributed by atoms with van der Waals surface area (Å²) < 4.78 is 0. The summed E-state index contributed by atoms with van der Waals surface area (Å²) in [5.41, 5.74) is 16.6. The number of aromatic amines is 1. The zero-order valence-electron chi connectivity index (χ0n) is 18.6. The Kier molecular flexibility index (Phi) is 11.1. The molecule has 0 aliphatic carbocycles. The van der Waals surface area contributed by atoms with E-state index in [0.29, 0.717) is 5.69 Å². The number of hydrogen-bond acceptors (Lipinski definition) is 8. The Bertz CT molecular complexity index is 889. The highest BCUT2D eigenvalue weighted by Crippen LogP contribution is 2.03. The highest BCUT2D eigenvalue weighted by atomic mass is 16.4. The van der Waals surface area contributed by atoms with Crippen LogP contribution in [0.3, 0.4) is 0 Å².